The van der Waals surface area contributed by atoms with Crippen LogP contribution in [0.4, 0.5) is 0 Å². The first kappa shape index (κ1) is 19.7. The van der Waals surface area contributed by atoms with Crippen LogP contribution < -0.4 is 14.2 Å². The fourth-order valence-electron chi connectivity index (χ4n) is 4.08. The minimum Gasteiger partial charge on any atom is -0.497 e. The highest BCUT2D eigenvalue weighted by atomic mass is 32.2. The minimum atomic E-state index is -3.55. The number of sulfonamides is 1. The Morgan fingerprint density at radius 1 is 1.24 bits per heavy atom. The van der Waals surface area contributed by atoms with Crippen LogP contribution in [-0.2, 0) is 10.0 Å². The molecule has 1 saturated heterocycles. The standard InChI is InChI=1S/C21H23N3O4S/c1-27-17-3-5-18(6-4-17)29(25,26)23-8-9-24-12-16-14-28-21-7-2-15(11-22)10-19(21)20(16)13-24/h2-7,10,16,20,23H,8-9,12-14H2,1H3/t16-,20+/m0/s1. The second-order valence-corrected chi connectivity index (χ2v) is 9.14. The quantitative estimate of drug-likeness (QED) is 0.778. The molecule has 0 bridgehead atoms. The Balaban J connectivity index is 1.36. The summed E-state index contributed by atoms with van der Waals surface area (Å²) in [5.74, 6) is 2.14. The van der Waals surface area contributed by atoms with Gasteiger partial charge in [-0.25, -0.2) is 13.1 Å². The van der Waals surface area contributed by atoms with E-state index >= 15 is 0 Å². The summed E-state index contributed by atoms with van der Waals surface area (Å²) in [5, 5.41) is 9.17. The number of benzene rings is 2. The first-order chi connectivity index (χ1) is 14.0. The first-order valence-electron chi connectivity index (χ1n) is 9.53. The molecule has 2 atom stereocenters. The van der Waals surface area contributed by atoms with Crippen LogP contribution in [0.3, 0.4) is 0 Å². The molecule has 8 heteroatoms. The van der Waals surface area contributed by atoms with Gasteiger partial charge in [0.2, 0.25) is 10.0 Å². The van der Waals surface area contributed by atoms with Gasteiger partial charge in [-0.15, -0.1) is 0 Å². The van der Waals surface area contributed by atoms with E-state index < -0.39 is 10.0 Å². The Bertz CT molecular complexity index is 1030. The van der Waals surface area contributed by atoms with E-state index in [0.29, 0.717) is 42.8 Å². The van der Waals surface area contributed by atoms with Crippen molar-refractivity contribution >= 4 is 10.0 Å². The van der Waals surface area contributed by atoms with Gasteiger partial charge in [0.05, 0.1) is 30.2 Å². The average Bonchev–Trinajstić information content (AvgIpc) is 3.16. The fraction of sp³-hybridized carbons (Fsp3) is 0.381. The lowest BCUT2D eigenvalue weighted by Crippen LogP contribution is -2.34. The molecule has 0 amide bonds. The van der Waals surface area contributed by atoms with Crippen LogP contribution in [0, 0.1) is 17.2 Å². The van der Waals surface area contributed by atoms with Crippen molar-refractivity contribution in [3.8, 4) is 17.6 Å². The first-order valence-corrected chi connectivity index (χ1v) is 11.0. The predicted octanol–water partition coefficient (Wildman–Crippen LogP) is 1.95. The van der Waals surface area contributed by atoms with Crippen molar-refractivity contribution in [2.75, 3.05) is 39.9 Å². The average molecular weight is 413 g/mol. The van der Waals surface area contributed by atoms with Gasteiger partial charge >= 0.3 is 0 Å². The van der Waals surface area contributed by atoms with E-state index in [1.165, 1.54) is 12.1 Å². The number of ether oxygens (including phenoxy) is 2. The van der Waals surface area contributed by atoms with Gasteiger partial charge in [-0.1, -0.05) is 0 Å². The van der Waals surface area contributed by atoms with Crippen molar-refractivity contribution in [2.45, 2.75) is 10.8 Å². The van der Waals surface area contributed by atoms with Crippen LogP contribution in [0.1, 0.15) is 17.0 Å². The van der Waals surface area contributed by atoms with E-state index in [4.69, 9.17) is 9.47 Å². The number of nitrogens with one attached hydrogen (secondary N) is 1. The summed E-state index contributed by atoms with van der Waals surface area (Å²) in [4.78, 5) is 2.48. The normalized spacial score (nSPS) is 21.0. The van der Waals surface area contributed by atoms with Gasteiger partial charge in [-0.05, 0) is 42.5 Å². The largest absolute Gasteiger partial charge is 0.497 e. The maximum absolute atomic E-state index is 12.5. The minimum absolute atomic E-state index is 0.222. The third kappa shape index (κ3) is 4.08. The number of methoxy groups -OCH3 is 1. The Hall–Kier alpha value is -2.60. The number of hydrogen-bond acceptors (Lipinski definition) is 6. The Labute approximate surface area is 170 Å². The summed E-state index contributed by atoms with van der Waals surface area (Å²) >= 11 is 0. The number of fused-ring (bicyclic) bond motifs is 3. The van der Waals surface area contributed by atoms with E-state index in [2.05, 4.69) is 15.7 Å². The van der Waals surface area contributed by atoms with Crippen molar-refractivity contribution in [3.05, 3.63) is 53.6 Å². The second kappa shape index (κ2) is 8.03. The van der Waals surface area contributed by atoms with Gasteiger partial charge in [0.15, 0.2) is 0 Å². The Morgan fingerprint density at radius 3 is 2.76 bits per heavy atom. The molecule has 1 N–H and O–H groups in total. The molecule has 2 aromatic rings. The lowest BCUT2D eigenvalue weighted by molar-refractivity contribution is 0.213. The highest BCUT2D eigenvalue weighted by Gasteiger charge is 2.38. The third-order valence-electron chi connectivity index (χ3n) is 5.60. The zero-order valence-electron chi connectivity index (χ0n) is 16.2. The Kier molecular flexibility index (Phi) is 5.46. The summed E-state index contributed by atoms with van der Waals surface area (Å²) in [7, 11) is -2.01. The van der Waals surface area contributed by atoms with Crippen molar-refractivity contribution in [2.24, 2.45) is 5.92 Å². The number of rotatable bonds is 6. The molecule has 7 nitrogen and oxygen atoms in total. The molecule has 0 radical (unpaired) electrons. The smallest absolute Gasteiger partial charge is 0.240 e. The molecule has 2 aromatic carbocycles. The van der Waals surface area contributed by atoms with Crippen LogP contribution in [0.15, 0.2) is 47.4 Å². The molecule has 0 saturated carbocycles. The monoisotopic (exact) mass is 413 g/mol. The highest BCUT2D eigenvalue weighted by molar-refractivity contribution is 7.89. The molecular formula is C21H23N3O4S. The number of nitriles is 1. The third-order valence-corrected chi connectivity index (χ3v) is 7.07. The van der Waals surface area contributed by atoms with Crippen molar-refractivity contribution in [3.63, 3.8) is 0 Å². The number of nitrogens with zero attached hydrogens (tertiary/aromatic N) is 2. The highest BCUT2D eigenvalue weighted by Crippen LogP contribution is 2.41. The summed E-state index contributed by atoms with van der Waals surface area (Å²) < 4.78 is 38.5. The molecule has 29 heavy (non-hydrogen) atoms. The van der Waals surface area contributed by atoms with Gasteiger partial charge in [-0.3, -0.25) is 0 Å². The maximum Gasteiger partial charge on any atom is 0.240 e. The van der Waals surface area contributed by atoms with Crippen molar-refractivity contribution < 1.29 is 17.9 Å². The van der Waals surface area contributed by atoms with Crippen LogP contribution in [0.5, 0.6) is 11.5 Å². The molecule has 4 rings (SSSR count). The van der Waals surface area contributed by atoms with Gasteiger partial charge < -0.3 is 14.4 Å². The van der Waals surface area contributed by atoms with E-state index in [9.17, 15) is 13.7 Å². The van der Waals surface area contributed by atoms with Gasteiger partial charge in [0, 0.05) is 43.6 Å². The van der Waals surface area contributed by atoms with E-state index in [1.807, 2.05) is 12.1 Å². The fourth-order valence-corrected chi connectivity index (χ4v) is 5.10. The molecule has 0 aliphatic carbocycles. The van der Waals surface area contributed by atoms with Crippen LogP contribution in [-0.4, -0.2) is 53.2 Å². The molecule has 0 spiro atoms. The van der Waals surface area contributed by atoms with Crippen LogP contribution in [0.2, 0.25) is 0 Å². The molecule has 1 fully saturated rings. The molecule has 0 aromatic heterocycles. The molecule has 0 unspecified atom stereocenters. The van der Waals surface area contributed by atoms with Crippen LogP contribution >= 0.6 is 0 Å². The molecule has 2 aliphatic rings. The molecule has 152 valence electrons. The zero-order valence-corrected chi connectivity index (χ0v) is 17.0. The van der Waals surface area contributed by atoms with Crippen molar-refractivity contribution in [1.29, 1.82) is 5.26 Å². The van der Waals surface area contributed by atoms with Crippen molar-refractivity contribution in [1.82, 2.24) is 9.62 Å². The van der Waals surface area contributed by atoms with E-state index in [1.54, 1.807) is 25.3 Å². The number of hydrogen-bond donors (Lipinski definition) is 1. The Morgan fingerprint density at radius 2 is 2.03 bits per heavy atom. The predicted molar refractivity (Wildman–Crippen MR) is 108 cm³/mol. The lowest BCUT2D eigenvalue weighted by Gasteiger charge is -2.27. The lowest BCUT2D eigenvalue weighted by atomic mass is 9.86. The SMILES string of the molecule is COc1ccc(S(=O)(=O)NCCN2C[C@H]3COc4ccc(C#N)cc4[C@@H]3C2)cc1. The summed E-state index contributed by atoms with van der Waals surface area (Å²) in [6.45, 7) is 3.29. The van der Waals surface area contributed by atoms with Gasteiger partial charge in [0.1, 0.15) is 11.5 Å². The molecule has 2 heterocycles. The van der Waals surface area contributed by atoms with E-state index in [-0.39, 0.29) is 4.90 Å². The summed E-state index contributed by atoms with van der Waals surface area (Å²) in [6.07, 6.45) is 0. The number of likely N-dealkylation sites (tertiary alicyclic amines) is 1. The summed E-state index contributed by atoms with van der Waals surface area (Å²) in [6, 6.07) is 14.1. The zero-order chi connectivity index (χ0) is 20.4. The topological polar surface area (TPSA) is 91.7 Å². The summed E-state index contributed by atoms with van der Waals surface area (Å²) in [5.41, 5.74) is 1.72. The molecule has 2 aliphatic heterocycles. The van der Waals surface area contributed by atoms with Gasteiger partial charge in [0.25, 0.3) is 0 Å². The van der Waals surface area contributed by atoms with Gasteiger partial charge in [-0.2, -0.15) is 5.26 Å². The maximum atomic E-state index is 12.5. The van der Waals surface area contributed by atoms with Crippen LogP contribution in [0.25, 0.3) is 0 Å². The van der Waals surface area contributed by atoms with E-state index in [0.717, 1.165) is 24.4 Å². The second-order valence-electron chi connectivity index (χ2n) is 7.37. The molecular weight excluding hydrogens is 390 g/mol.